The highest BCUT2D eigenvalue weighted by Crippen LogP contribution is 2.28. The van der Waals surface area contributed by atoms with Gasteiger partial charge in [0.2, 0.25) is 0 Å². The number of hydrogen-bond donors (Lipinski definition) is 0. The van der Waals surface area contributed by atoms with Crippen molar-refractivity contribution in [1.29, 1.82) is 0 Å². The van der Waals surface area contributed by atoms with Crippen molar-refractivity contribution in [2.75, 3.05) is 7.11 Å². The maximum Gasteiger partial charge on any atom is 0.304 e. The summed E-state index contributed by atoms with van der Waals surface area (Å²) in [5.74, 6) is 0.668. The van der Waals surface area contributed by atoms with E-state index in [1.54, 1.807) is 7.11 Å². The van der Waals surface area contributed by atoms with Crippen molar-refractivity contribution in [2.24, 2.45) is 0 Å². The van der Waals surface area contributed by atoms with Crippen LogP contribution in [0.3, 0.4) is 0 Å². The number of hydrogen-bond acceptors (Lipinski definition) is 4. The van der Waals surface area contributed by atoms with Gasteiger partial charge in [0.05, 0.1) is 12.6 Å². The molecule has 108 valence electrons. The topological polar surface area (TPSA) is 52.3 Å². The zero-order chi connectivity index (χ0) is 15.1. The van der Waals surface area contributed by atoms with E-state index < -0.39 is 0 Å². The summed E-state index contributed by atoms with van der Waals surface area (Å²) in [6.45, 7) is 0. The van der Waals surface area contributed by atoms with E-state index in [0.717, 1.165) is 16.5 Å². The third-order valence-electron chi connectivity index (χ3n) is 3.50. The average molecular weight is 311 g/mol. The zero-order valence-corrected chi connectivity index (χ0v) is 12.4. The molecule has 4 rings (SSSR count). The number of benzene rings is 2. The molecule has 0 saturated heterocycles. The Bertz CT molecular complexity index is 979. The van der Waals surface area contributed by atoms with Gasteiger partial charge in [0.25, 0.3) is 0 Å². The number of nitrogens with zero attached hydrogens (tertiary/aromatic N) is 4. The molecule has 2 aromatic heterocycles. The van der Waals surface area contributed by atoms with Gasteiger partial charge < -0.3 is 4.74 Å². The fourth-order valence-electron chi connectivity index (χ4n) is 2.48. The molecular weight excluding hydrogens is 300 g/mol. The lowest BCUT2D eigenvalue weighted by Crippen LogP contribution is -2.00. The van der Waals surface area contributed by atoms with Gasteiger partial charge in [0, 0.05) is 16.0 Å². The highest BCUT2D eigenvalue weighted by Gasteiger charge is 2.16. The van der Waals surface area contributed by atoms with E-state index in [4.69, 9.17) is 16.3 Å². The second kappa shape index (κ2) is 4.96. The van der Waals surface area contributed by atoms with Gasteiger partial charge in [-0.15, -0.1) is 10.2 Å². The van der Waals surface area contributed by atoms with Crippen molar-refractivity contribution in [1.82, 2.24) is 19.6 Å². The predicted molar refractivity (Wildman–Crippen MR) is 85.3 cm³/mol. The first kappa shape index (κ1) is 13.0. The summed E-state index contributed by atoms with van der Waals surface area (Å²) in [4.78, 5) is 4.53. The minimum absolute atomic E-state index is 0.448. The molecule has 0 unspecified atom stereocenters. The van der Waals surface area contributed by atoms with E-state index in [9.17, 15) is 0 Å². The van der Waals surface area contributed by atoms with Gasteiger partial charge in [-0.2, -0.15) is 4.98 Å². The fourth-order valence-corrected chi connectivity index (χ4v) is 2.60. The van der Waals surface area contributed by atoms with E-state index in [0.29, 0.717) is 22.5 Å². The Hall–Kier alpha value is -2.66. The normalized spacial score (nSPS) is 11.2. The molecule has 0 saturated carbocycles. The average Bonchev–Trinajstić information content (AvgIpc) is 3.00. The van der Waals surface area contributed by atoms with Gasteiger partial charge in [0.1, 0.15) is 0 Å². The van der Waals surface area contributed by atoms with Crippen LogP contribution in [0.5, 0.6) is 6.01 Å². The first-order chi connectivity index (χ1) is 10.8. The lowest BCUT2D eigenvalue weighted by atomic mass is 10.2. The van der Waals surface area contributed by atoms with Gasteiger partial charge in [-0.3, -0.25) is 0 Å². The van der Waals surface area contributed by atoms with Crippen LogP contribution in [0.2, 0.25) is 5.02 Å². The maximum atomic E-state index is 5.95. The molecular formula is C16H11ClN4O. The maximum absolute atomic E-state index is 5.95. The molecule has 0 atom stereocenters. The first-order valence-electron chi connectivity index (χ1n) is 6.72. The molecule has 22 heavy (non-hydrogen) atoms. The minimum Gasteiger partial charge on any atom is -0.468 e. The molecule has 2 aromatic carbocycles. The highest BCUT2D eigenvalue weighted by molar-refractivity contribution is 6.30. The molecule has 6 heteroatoms. The van der Waals surface area contributed by atoms with Crippen LogP contribution in [0.4, 0.5) is 0 Å². The quantitative estimate of drug-likeness (QED) is 0.567. The number of ether oxygens (including phenoxy) is 1. The number of para-hydroxylation sites is 1. The number of halogens is 1. The van der Waals surface area contributed by atoms with Crippen LogP contribution in [-0.2, 0) is 0 Å². The Morgan fingerprint density at radius 1 is 1.00 bits per heavy atom. The Kier molecular flexibility index (Phi) is 2.94. The fraction of sp³-hybridized carbons (Fsp3) is 0.0625. The van der Waals surface area contributed by atoms with Gasteiger partial charge in [-0.1, -0.05) is 23.7 Å². The molecule has 4 aromatic rings. The number of rotatable bonds is 2. The van der Waals surface area contributed by atoms with E-state index in [1.807, 2.05) is 52.9 Å². The Morgan fingerprint density at radius 3 is 2.55 bits per heavy atom. The summed E-state index contributed by atoms with van der Waals surface area (Å²) in [6, 6.07) is 15.7. The van der Waals surface area contributed by atoms with E-state index in [1.165, 1.54) is 0 Å². The highest BCUT2D eigenvalue weighted by atomic mass is 35.5. The molecule has 0 aliphatic heterocycles. The molecule has 0 aliphatic carbocycles. The van der Waals surface area contributed by atoms with E-state index in [2.05, 4.69) is 15.2 Å². The lowest BCUT2D eigenvalue weighted by Gasteiger charge is -2.07. The Balaban J connectivity index is 2.09. The van der Waals surface area contributed by atoms with Crippen LogP contribution in [0.1, 0.15) is 0 Å². The molecule has 2 heterocycles. The third kappa shape index (κ3) is 1.90. The minimum atomic E-state index is 0.448. The molecule has 0 bridgehead atoms. The smallest absolute Gasteiger partial charge is 0.304 e. The first-order valence-corrected chi connectivity index (χ1v) is 7.09. The largest absolute Gasteiger partial charge is 0.468 e. The zero-order valence-electron chi connectivity index (χ0n) is 11.7. The summed E-state index contributed by atoms with van der Waals surface area (Å²) in [5, 5.41) is 10.2. The standard InChI is InChI=1S/C16H11ClN4O/c1-22-16-18-13-5-3-2-4-12(13)15-20-19-14(21(15)16)10-6-8-11(17)9-7-10/h2-9H,1H3. The van der Waals surface area contributed by atoms with Crippen LogP contribution in [-0.4, -0.2) is 26.7 Å². The summed E-state index contributed by atoms with van der Waals surface area (Å²) in [5.41, 5.74) is 2.43. The molecule has 0 aliphatic rings. The lowest BCUT2D eigenvalue weighted by molar-refractivity contribution is 0.376. The number of fused-ring (bicyclic) bond motifs is 3. The van der Waals surface area contributed by atoms with Crippen LogP contribution in [0, 0.1) is 0 Å². The van der Waals surface area contributed by atoms with Crippen molar-refractivity contribution in [3.8, 4) is 17.4 Å². The Morgan fingerprint density at radius 2 is 1.77 bits per heavy atom. The van der Waals surface area contributed by atoms with Gasteiger partial charge in [-0.05, 0) is 36.4 Å². The van der Waals surface area contributed by atoms with Crippen LogP contribution in [0.15, 0.2) is 48.5 Å². The van der Waals surface area contributed by atoms with Gasteiger partial charge in [-0.25, -0.2) is 4.40 Å². The van der Waals surface area contributed by atoms with Crippen LogP contribution >= 0.6 is 11.6 Å². The Labute approximate surface area is 131 Å². The molecule has 5 nitrogen and oxygen atoms in total. The van der Waals surface area contributed by atoms with E-state index >= 15 is 0 Å². The molecule has 0 spiro atoms. The summed E-state index contributed by atoms with van der Waals surface area (Å²) < 4.78 is 7.24. The van der Waals surface area contributed by atoms with Gasteiger partial charge >= 0.3 is 6.01 Å². The predicted octanol–water partition coefficient (Wildman–Crippen LogP) is 3.61. The SMILES string of the molecule is COc1nc2ccccc2c2nnc(-c3ccc(Cl)cc3)n12. The van der Waals surface area contributed by atoms with Gasteiger partial charge in [0.15, 0.2) is 11.5 Å². The van der Waals surface area contributed by atoms with Crippen molar-refractivity contribution in [3.63, 3.8) is 0 Å². The van der Waals surface area contributed by atoms with Crippen molar-refractivity contribution in [2.45, 2.75) is 0 Å². The van der Waals surface area contributed by atoms with Crippen molar-refractivity contribution < 1.29 is 4.74 Å². The second-order valence-corrected chi connectivity index (χ2v) is 5.24. The molecule has 0 N–H and O–H groups in total. The van der Waals surface area contributed by atoms with Crippen molar-refractivity contribution in [3.05, 3.63) is 53.6 Å². The third-order valence-corrected chi connectivity index (χ3v) is 3.75. The van der Waals surface area contributed by atoms with Crippen molar-refractivity contribution >= 4 is 28.2 Å². The molecule has 0 fully saturated rings. The summed E-state index contributed by atoms with van der Waals surface area (Å²) >= 11 is 5.95. The summed E-state index contributed by atoms with van der Waals surface area (Å²) in [7, 11) is 1.59. The number of aromatic nitrogens is 4. The molecule has 0 amide bonds. The summed E-state index contributed by atoms with van der Waals surface area (Å²) in [6.07, 6.45) is 0. The second-order valence-electron chi connectivity index (χ2n) is 4.81. The molecule has 0 radical (unpaired) electrons. The monoisotopic (exact) mass is 310 g/mol. The van der Waals surface area contributed by atoms with E-state index in [-0.39, 0.29) is 0 Å². The van der Waals surface area contributed by atoms with Crippen LogP contribution < -0.4 is 4.74 Å². The number of methoxy groups -OCH3 is 1. The van der Waals surface area contributed by atoms with Crippen LogP contribution in [0.25, 0.3) is 27.9 Å².